The maximum atomic E-state index is 12.9. The third kappa shape index (κ3) is 3.50. The molecule has 128 valence electrons. The summed E-state index contributed by atoms with van der Waals surface area (Å²) in [5, 5.41) is 0. The molecule has 0 spiro atoms. The van der Waals surface area contributed by atoms with Crippen molar-refractivity contribution in [3.63, 3.8) is 0 Å². The third-order valence-electron chi connectivity index (χ3n) is 3.67. The minimum absolute atomic E-state index is 0.224. The van der Waals surface area contributed by atoms with E-state index in [0.29, 0.717) is 17.9 Å². The first-order chi connectivity index (χ1) is 11.3. The minimum atomic E-state index is -4.47. The van der Waals surface area contributed by atoms with Crippen LogP contribution in [0.5, 0.6) is 0 Å². The number of carbonyl (C=O) groups is 1. The van der Waals surface area contributed by atoms with Gasteiger partial charge in [-0.25, -0.2) is 4.79 Å². The summed E-state index contributed by atoms with van der Waals surface area (Å²) in [5.41, 5.74) is -0.615. The summed E-state index contributed by atoms with van der Waals surface area (Å²) in [6.45, 7) is 3.14. The minimum Gasteiger partial charge on any atom is -0.323 e. The highest BCUT2D eigenvalue weighted by molar-refractivity contribution is 7.09. The van der Waals surface area contributed by atoms with Gasteiger partial charge in [0.05, 0.1) is 17.4 Å². The maximum absolute atomic E-state index is 12.9. The van der Waals surface area contributed by atoms with Crippen molar-refractivity contribution in [2.45, 2.75) is 25.9 Å². The predicted molar refractivity (Wildman–Crippen MR) is 82.9 cm³/mol. The molecule has 2 aromatic rings. The zero-order valence-corrected chi connectivity index (χ0v) is 13.7. The van der Waals surface area contributed by atoms with Crippen molar-refractivity contribution in [1.82, 2.24) is 14.5 Å². The number of amides is 2. The Morgan fingerprint density at radius 2 is 2.00 bits per heavy atom. The molecule has 0 saturated carbocycles. The molecule has 1 aliphatic rings. The van der Waals surface area contributed by atoms with E-state index < -0.39 is 11.7 Å². The number of likely N-dealkylation sites (tertiary alicyclic amines) is 1. The molecule has 2 aromatic heterocycles. The summed E-state index contributed by atoms with van der Waals surface area (Å²) >= 11 is 1.25. The molecule has 0 atom stereocenters. The highest BCUT2D eigenvalue weighted by Gasteiger charge is 2.31. The van der Waals surface area contributed by atoms with Crippen LogP contribution in [-0.4, -0.2) is 33.6 Å². The average molecular weight is 356 g/mol. The second kappa shape index (κ2) is 6.39. The van der Waals surface area contributed by atoms with Crippen LogP contribution >= 0.6 is 11.3 Å². The van der Waals surface area contributed by atoms with Crippen molar-refractivity contribution in [1.29, 1.82) is 0 Å². The Morgan fingerprint density at radius 1 is 1.29 bits per heavy atom. The van der Waals surface area contributed by atoms with Crippen LogP contribution in [0.2, 0.25) is 0 Å². The summed E-state index contributed by atoms with van der Waals surface area (Å²) in [4.78, 5) is 22.8. The quantitative estimate of drug-likeness (QED) is 0.787. The number of thiazole rings is 1. The molecular weight excluding hydrogens is 341 g/mol. The van der Waals surface area contributed by atoms with E-state index in [2.05, 4.69) is 9.98 Å². The highest BCUT2D eigenvalue weighted by atomic mass is 32.1. The van der Waals surface area contributed by atoms with Gasteiger partial charge in [-0.05, 0) is 25.8 Å². The van der Waals surface area contributed by atoms with Crippen molar-refractivity contribution < 1.29 is 18.0 Å². The van der Waals surface area contributed by atoms with Gasteiger partial charge in [-0.1, -0.05) is 0 Å². The van der Waals surface area contributed by atoms with Crippen LogP contribution in [0, 0.1) is 6.92 Å². The van der Waals surface area contributed by atoms with Crippen molar-refractivity contribution in [3.05, 3.63) is 39.9 Å². The number of nitrogens with zero attached hydrogens (tertiary/aromatic N) is 4. The lowest BCUT2D eigenvalue weighted by atomic mass is 10.2. The second-order valence-corrected chi connectivity index (χ2v) is 6.73. The Labute approximate surface area is 140 Å². The van der Waals surface area contributed by atoms with Gasteiger partial charge >= 0.3 is 12.2 Å². The third-order valence-corrected chi connectivity index (χ3v) is 4.56. The van der Waals surface area contributed by atoms with E-state index in [1.165, 1.54) is 22.1 Å². The molecule has 9 heteroatoms. The largest absolute Gasteiger partial charge is 0.417 e. The summed E-state index contributed by atoms with van der Waals surface area (Å²) in [6.07, 6.45) is 1.16. The number of pyridine rings is 1. The SMILES string of the molecule is Cc1cn(-c2cncc(C(F)(F)F)c2)c(=NC(=O)N2CCCC2)s1. The van der Waals surface area contributed by atoms with E-state index in [9.17, 15) is 18.0 Å². The molecule has 0 aromatic carbocycles. The van der Waals surface area contributed by atoms with Crippen LogP contribution in [0.3, 0.4) is 0 Å². The monoisotopic (exact) mass is 356 g/mol. The predicted octanol–water partition coefficient (Wildman–Crippen LogP) is 3.38. The molecule has 1 fully saturated rings. The molecule has 24 heavy (non-hydrogen) atoms. The normalized spacial score (nSPS) is 16.0. The van der Waals surface area contributed by atoms with Crippen LogP contribution in [-0.2, 0) is 6.18 Å². The standard InChI is InChI=1S/C15H15F3N4OS/c1-10-9-22(12-6-11(7-19-8-12)15(16,17)18)14(24-10)20-13(23)21-4-2-3-5-21/h6-9H,2-5H2,1H3. The molecule has 5 nitrogen and oxygen atoms in total. The van der Waals surface area contributed by atoms with Crippen LogP contribution in [0.15, 0.2) is 29.6 Å². The number of hydrogen-bond donors (Lipinski definition) is 0. The van der Waals surface area contributed by atoms with Crippen molar-refractivity contribution in [2.75, 3.05) is 13.1 Å². The van der Waals surface area contributed by atoms with E-state index in [-0.39, 0.29) is 11.7 Å². The van der Waals surface area contributed by atoms with Gasteiger partial charge in [-0.15, -0.1) is 11.3 Å². The number of carbonyl (C=O) groups excluding carboxylic acids is 1. The zero-order valence-electron chi connectivity index (χ0n) is 12.9. The fourth-order valence-electron chi connectivity index (χ4n) is 2.49. The molecule has 1 aliphatic heterocycles. The van der Waals surface area contributed by atoms with Gasteiger partial charge in [-0.2, -0.15) is 18.2 Å². The number of rotatable bonds is 1. The smallest absolute Gasteiger partial charge is 0.323 e. The van der Waals surface area contributed by atoms with Crippen LogP contribution in [0.1, 0.15) is 23.3 Å². The zero-order chi connectivity index (χ0) is 17.3. The van der Waals surface area contributed by atoms with Gasteiger partial charge in [0, 0.05) is 30.4 Å². The van der Waals surface area contributed by atoms with Crippen LogP contribution < -0.4 is 4.80 Å². The van der Waals surface area contributed by atoms with Crippen molar-refractivity contribution in [2.24, 2.45) is 4.99 Å². The van der Waals surface area contributed by atoms with Gasteiger partial charge < -0.3 is 4.90 Å². The number of hydrogen-bond acceptors (Lipinski definition) is 3. The average Bonchev–Trinajstić information content (AvgIpc) is 3.16. The van der Waals surface area contributed by atoms with Gasteiger partial charge in [0.1, 0.15) is 0 Å². The molecule has 3 heterocycles. The lowest BCUT2D eigenvalue weighted by Gasteiger charge is -2.11. The fourth-order valence-corrected chi connectivity index (χ4v) is 3.32. The van der Waals surface area contributed by atoms with Crippen LogP contribution in [0.25, 0.3) is 5.69 Å². The Bertz CT molecular complexity index is 819. The Morgan fingerprint density at radius 3 is 2.67 bits per heavy atom. The van der Waals surface area contributed by atoms with Gasteiger partial charge in [0.25, 0.3) is 0 Å². The molecule has 0 N–H and O–H groups in total. The molecule has 0 unspecified atom stereocenters. The molecule has 1 saturated heterocycles. The molecule has 0 aliphatic carbocycles. The van der Waals surface area contributed by atoms with Crippen molar-refractivity contribution >= 4 is 17.4 Å². The maximum Gasteiger partial charge on any atom is 0.417 e. The second-order valence-electron chi connectivity index (χ2n) is 5.51. The van der Waals surface area contributed by atoms with E-state index in [0.717, 1.165) is 30.0 Å². The van der Waals surface area contributed by atoms with Crippen LogP contribution in [0.4, 0.5) is 18.0 Å². The number of aromatic nitrogens is 2. The number of alkyl halides is 3. The lowest BCUT2D eigenvalue weighted by molar-refractivity contribution is -0.137. The van der Waals surface area contributed by atoms with Gasteiger partial charge in [0.15, 0.2) is 4.80 Å². The van der Waals surface area contributed by atoms with E-state index in [1.807, 2.05) is 6.92 Å². The fraction of sp³-hybridized carbons (Fsp3) is 0.400. The van der Waals surface area contributed by atoms with Gasteiger partial charge in [-0.3, -0.25) is 9.55 Å². The molecule has 3 rings (SSSR count). The van der Waals surface area contributed by atoms with E-state index in [1.54, 1.807) is 11.1 Å². The molecule has 0 radical (unpaired) electrons. The number of aryl methyl sites for hydroxylation is 1. The molecule has 0 bridgehead atoms. The first-order valence-electron chi connectivity index (χ1n) is 7.40. The summed E-state index contributed by atoms with van der Waals surface area (Å²) < 4.78 is 40.1. The summed E-state index contributed by atoms with van der Waals surface area (Å²) in [6, 6.07) is 0.640. The first kappa shape index (κ1) is 16.7. The number of halogens is 3. The highest BCUT2D eigenvalue weighted by Crippen LogP contribution is 2.29. The Balaban J connectivity index is 2.02. The molecule has 2 amide bonds. The first-order valence-corrected chi connectivity index (χ1v) is 8.21. The summed E-state index contributed by atoms with van der Waals surface area (Å²) in [5.74, 6) is 0. The Hall–Kier alpha value is -2.16. The van der Waals surface area contributed by atoms with E-state index in [4.69, 9.17) is 0 Å². The van der Waals surface area contributed by atoms with Crippen molar-refractivity contribution in [3.8, 4) is 5.69 Å². The lowest BCUT2D eigenvalue weighted by Crippen LogP contribution is -2.27. The summed E-state index contributed by atoms with van der Waals surface area (Å²) in [7, 11) is 0. The molecular formula is C15H15F3N4OS. The Kier molecular flexibility index (Phi) is 4.44. The van der Waals surface area contributed by atoms with E-state index >= 15 is 0 Å². The topological polar surface area (TPSA) is 50.5 Å². The van der Waals surface area contributed by atoms with Gasteiger partial charge in [0.2, 0.25) is 0 Å². The number of urea groups is 1.